The maximum atomic E-state index is 12.9. The van der Waals surface area contributed by atoms with E-state index < -0.39 is 0 Å². The highest BCUT2D eigenvalue weighted by Gasteiger charge is 2.51. The van der Waals surface area contributed by atoms with Crippen LogP contribution in [0.1, 0.15) is 25.7 Å². The van der Waals surface area contributed by atoms with Crippen molar-refractivity contribution in [3.63, 3.8) is 0 Å². The average Bonchev–Trinajstić information content (AvgIpc) is 3.36. The highest BCUT2D eigenvalue weighted by atomic mass is 16.5. The van der Waals surface area contributed by atoms with Crippen LogP contribution in [0.5, 0.6) is 0 Å². The lowest BCUT2D eigenvalue weighted by Gasteiger charge is -2.35. The molecule has 1 amide bonds. The Morgan fingerprint density at radius 2 is 1.96 bits per heavy atom. The van der Waals surface area contributed by atoms with Gasteiger partial charge in [-0.1, -0.05) is 0 Å². The highest BCUT2D eigenvalue weighted by Crippen LogP contribution is 2.51. The Balaban J connectivity index is 1.51. The van der Waals surface area contributed by atoms with Gasteiger partial charge in [0.05, 0.1) is 11.1 Å². The molecule has 0 bridgehead atoms. The molecule has 23 heavy (non-hydrogen) atoms. The molecular formula is C17H20N4O2. The van der Waals surface area contributed by atoms with Gasteiger partial charge in [0.15, 0.2) is 5.82 Å². The summed E-state index contributed by atoms with van der Waals surface area (Å²) in [5.41, 5.74) is 0.655. The van der Waals surface area contributed by atoms with E-state index in [0.29, 0.717) is 24.9 Å². The summed E-state index contributed by atoms with van der Waals surface area (Å²) >= 11 is 0. The molecule has 0 unspecified atom stereocenters. The van der Waals surface area contributed by atoms with Crippen molar-refractivity contribution in [2.45, 2.75) is 25.7 Å². The third-order valence-electron chi connectivity index (χ3n) is 4.95. The number of anilines is 1. The molecule has 2 aliphatic rings. The van der Waals surface area contributed by atoms with Crippen LogP contribution < -0.4 is 5.32 Å². The van der Waals surface area contributed by atoms with E-state index in [-0.39, 0.29) is 11.3 Å². The van der Waals surface area contributed by atoms with E-state index >= 15 is 0 Å². The van der Waals surface area contributed by atoms with Crippen molar-refractivity contribution in [2.75, 3.05) is 18.5 Å². The lowest BCUT2D eigenvalue weighted by atomic mass is 9.75. The number of rotatable bonds is 4. The number of nitrogens with one attached hydrogen (secondary N) is 1. The number of ether oxygens (including phenoxy) is 1. The molecule has 1 aliphatic heterocycles. The number of nitrogens with zero attached hydrogens (tertiary/aromatic N) is 3. The summed E-state index contributed by atoms with van der Waals surface area (Å²) in [6.07, 6.45) is 9.22. The summed E-state index contributed by atoms with van der Waals surface area (Å²) in [7, 11) is 0. The minimum Gasteiger partial charge on any atom is -0.381 e. The molecule has 2 aromatic rings. The van der Waals surface area contributed by atoms with Gasteiger partial charge < -0.3 is 10.1 Å². The van der Waals surface area contributed by atoms with Gasteiger partial charge in [0.2, 0.25) is 5.91 Å². The minimum absolute atomic E-state index is 0.100. The lowest BCUT2D eigenvalue weighted by Crippen LogP contribution is -2.42. The molecule has 1 N–H and O–H groups in total. The van der Waals surface area contributed by atoms with Gasteiger partial charge in [-0.05, 0) is 43.7 Å². The Labute approximate surface area is 134 Å². The van der Waals surface area contributed by atoms with Crippen molar-refractivity contribution >= 4 is 11.7 Å². The van der Waals surface area contributed by atoms with Crippen LogP contribution in [0.15, 0.2) is 36.8 Å². The maximum Gasteiger partial charge on any atom is 0.232 e. The Morgan fingerprint density at radius 3 is 2.65 bits per heavy atom. The zero-order chi connectivity index (χ0) is 15.7. The molecule has 0 atom stereocenters. The van der Waals surface area contributed by atoms with Crippen LogP contribution in [-0.2, 0) is 9.53 Å². The van der Waals surface area contributed by atoms with Gasteiger partial charge in [-0.25, -0.2) is 4.68 Å². The standard InChI is InChI=1S/C17H20N4O2/c22-16(17(13-1-2-13)6-11-23-12-7-17)19-15-5-10-21(20-15)14-3-8-18-9-4-14/h3-5,8-10,13H,1-2,6-7,11-12H2,(H,19,20,22). The summed E-state index contributed by atoms with van der Waals surface area (Å²) in [5, 5.41) is 7.47. The van der Waals surface area contributed by atoms with E-state index in [9.17, 15) is 4.79 Å². The van der Waals surface area contributed by atoms with Crippen molar-refractivity contribution in [1.82, 2.24) is 14.8 Å². The molecule has 2 fully saturated rings. The topological polar surface area (TPSA) is 69.0 Å². The number of hydrogen-bond donors (Lipinski definition) is 1. The van der Waals surface area contributed by atoms with Crippen LogP contribution in [0.4, 0.5) is 5.82 Å². The summed E-state index contributed by atoms with van der Waals surface area (Å²) in [4.78, 5) is 16.9. The monoisotopic (exact) mass is 312 g/mol. The van der Waals surface area contributed by atoms with Gasteiger partial charge in [0.25, 0.3) is 0 Å². The lowest BCUT2D eigenvalue weighted by molar-refractivity contribution is -0.133. The quantitative estimate of drug-likeness (QED) is 0.941. The third kappa shape index (κ3) is 2.74. The molecule has 120 valence electrons. The van der Waals surface area contributed by atoms with Crippen LogP contribution in [0.25, 0.3) is 5.69 Å². The minimum atomic E-state index is -0.265. The molecular weight excluding hydrogens is 292 g/mol. The maximum absolute atomic E-state index is 12.9. The predicted molar refractivity (Wildman–Crippen MR) is 85.2 cm³/mol. The molecule has 2 aromatic heterocycles. The molecule has 1 saturated heterocycles. The van der Waals surface area contributed by atoms with Crippen molar-refractivity contribution < 1.29 is 9.53 Å². The fourth-order valence-corrected chi connectivity index (χ4v) is 3.46. The molecule has 6 nitrogen and oxygen atoms in total. The van der Waals surface area contributed by atoms with E-state index in [1.165, 1.54) is 0 Å². The molecule has 6 heteroatoms. The third-order valence-corrected chi connectivity index (χ3v) is 4.95. The first-order valence-corrected chi connectivity index (χ1v) is 8.13. The van der Waals surface area contributed by atoms with Gasteiger partial charge in [0, 0.05) is 37.9 Å². The van der Waals surface area contributed by atoms with Gasteiger partial charge >= 0.3 is 0 Å². The van der Waals surface area contributed by atoms with Crippen molar-refractivity contribution in [2.24, 2.45) is 11.3 Å². The molecule has 0 radical (unpaired) electrons. The number of hydrogen-bond acceptors (Lipinski definition) is 4. The van der Waals surface area contributed by atoms with E-state index in [4.69, 9.17) is 4.74 Å². The largest absolute Gasteiger partial charge is 0.381 e. The van der Waals surface area contributed by atoms with E-state index in [1.54, 1.807) is 17.1 Å². The molecule has 1 aliphatic carbocycles. The molecule has 0 spiro atoms. The molecule has 4 rings (SSSR count). The highest BCUT2D eigenvalue weighted by molar-refractivity contribution is 5.95. The van der Waals surface area contributed by atoms with Gasteiger partial charge in [-0.2, -0.15) is 5.10 Å². The zero-order valence-corrected chi connectivity index (χ0v) is 12.9. The normalized spacial score (nSPS) is 20.2. The second-order valence-corrected chi connectivity index (χ2v) is 6.35. The fraction of sp³-hybridized carbons (Fsp3) is 0.471. The SMILES string of the molecule is O=C(Nc1ccn(-c2ccncc2)n1)C1(C2CC2)CCOCC1. The first-order valence-electron chi connectivity index (χ1n) is 8.13. The van der Waals surface area contributed by atoms with Gasteiger partial charge in [-0.15, -0.1) is 0 Å². The summed E-state index contributed by atoms with van der Waals surface area (Å²) in [6, 6.07) is 5.59. The van der Waals surface area contributed by atoms with Crippen molar-refractivity contribution in [3.05, 3.63) is 36.8 Å². The van der Waals surface area contributed by atoms with E-state index in [1.807, 2.05) is 24.4 Å². The average molecular weight is 312 g/mol. The number of aromatic nitrogens is 3. The Kier molecular flexibility index (Phi) is 3.61. The van der Waals surface area contributed by atoms with Crippen LogP contribution in [0.3, 0.4) is 0 Å². The van der Waals surface area contributed by atoms with Crippen molar-refractivity contribution in [1.29, 1.82) is 0 Å². The Bertz CT molecular complexity index is 688. The fourth-order valence-electron chi connectivity index (χ4n) is 3.46. The molecule has 1 saturated carbocycles. The summed E-state index contributed by atoms with van der Waals surface area (Å²) in [6.45, 7) is 1.35. The van der Waals surface area contributed by atoms with E-state index in [2.05, 4.69) is 15.4 Å². The van der Waals surface area contributed by atoms with E-state index in [0.717, 1.165) is 31.4 Å². The van der Waals surface area contributed by atoms with Gasteiger partial charge in [-0.3, -0.25) is 9.78 Å². The summed E-state index contributed by atoms with van der Waals surface area (Å²) in [5.74, 6) is 1.20. The Morgan fingerprint density at radius 1 is 1.22 bits per heavy atom. The van der Waals surface area contributed by atoms with Gasteiger partial charge in [0.1, 0.15) is 0 Å². The first-order chi connectivity index (χ1) is 11.3. The number of carbonyl (C=O) groups excluding carboxylic acids is 1. The Hall–Kier alpha value is -2.21. The number of carbonyl (C=O) groups is 1. The second kappa shape index (κ2) is 5.77. The smallest absolute Gasteiger partial charge is 0.232 e. The van der Waals surface area contributed by atoms with Crippen LogP contribution in [0, 0.1) is 11.3 Å². The van der Waals surface area contributed by atoms with Crippen LogP contribution in [0.2, 0.25) is 0 Å². The van der Waals surface area contributed by atoms with Crippen LogP contribution in [-0.4, -0.2) is 33.9 Å². The molecule has 3 heterocycles. The summed E-state index contributed by atoms with van der Waals surface area (Å²) < 4.78 is 7.20. The second-order valence-electron chi connectivity index (χ2n) is 6.35. The zero-order valence-electron chi connectivity index (χ0n) is 12.9. The van der Waals surface area contributed by atoms with Crippen LogP contribution >= 0.6 is 0 Å². The molecule has 0 aromatic carbocycles. The number of amides is 1. The number of pyridine rings is 1. The predicted octanol–water partition coefficient (Wildman–Crippen LogP) is 2.41. The van der Waals surface area contributed by atoms with Crippen molar-refractivity contribution in [3.8, 4) is 5.69 Å². The first kappa shape index (κ1) is 14.4.